The van der Waals surface area contributed by atoms with Gasteiger partial charge in [0.25, 0.3) is 0 Å². The van der Waals surface area contributed by atoms with Gasteiger partial charge in [-0.3, -0.25) is 4.98 Å². The Morgan fingerprint density at radius 3 is 2.36 bits per heavy atom. The number of halogens is 3. The van der Waals surface area contributed by atoms with Gasteiger partial charge in [0.1, 0.15) is 10.4 Å². The summed E-state index contributed by atoms with van der Waals surface area (Å²) in [6, 6.07) is 10.3. The van der Waals surface area contributed by atoms with E-state index in [9.17, 15) is 21.6 Å². The van der Waals surface area contributed by atoms with E-state index in [1.54, 1.807) is 0 Å². The molecule has 3 heterocycles. The van der Waals surface area contributed by atoms with Gasteiger partial charge >= 0.3 is 6.18 Å². The van der Waals surface area contributed by atoms with Crippen molar-refractivity contribution < 1.29 is 21.6 Å². The van der Waals surface area contributed by atoms with Crippen molar-refractivity contribution in [1.29, 1.82) is 0 Å². The second-order valence-electron chi connectivity index (χ2n) is 8.03. The van der Waals surface area contributed by atoms with Crippen LogP contribution in [0.25, 0.3) is 28.0 Å². The molecular weight excluding hydrogens is 453 g/mol. The molecule has 1 aromatic carbocycles. The molecule has 4 aromatic rings. The molecule has 3 aromatic heterocycles. The number of hydrogen-bond acceptors (Lipinski definition) is 5. The highest BCUT2D eigenvalue weighted by Crippen LogP contribution is 2.40. The standard InChI is InChI=1S/C23H19F3N4O2S/c1-2-33(31,32)21-9-17(16-7-5-15(6-8-16)14-3-4-14)11-28-22(21)30-20-10-18(23(24,25)26)12-27-19(20)13-29-30/h5-14H,2-4H2,1H3. The normalized spacial score (nSPS) is 14.7. The summed E-state index contributed by atoms with van der Waals surface area (Å²) in [4.78, 5) is 8.05. The number of rotatable bonds is 5. The minimum Gasteiger partial charge on any atom is -0.252 e. The third-order valence-corrected chi connectivity index (χ3v) is 7.52. The molecule has 0 radical (unpaired) electrons. The van der Waals surface area contributed by atoms with Crippen LogP contribution in [0.1, 0.15) is 36.8 Å². The Kier molecular flexibility index (Phi) is 5.00. The molecule has 1 aliphatic rings. The van der Waals surface area contributed by atoms with Crippen molar-refractivity contribution in [1.82, 2.24) is 19.7 Å². The van der Waals surface area contributed by atoms with Crippen LogP contribution in [-0.4, -0.2) is 33.9 Å². The smallest absolute Gasteiger partial charge is 0.252 e. The molecule has 0 spiro atoms. The second-order valence-corrected chi connectivity index (χ2v) is 10.3. The SMILES string of the molecule is CCS(=O)(=O)c1cc(-c2ccc(C3CC3)cc2)cnc1-n1ncc2ncc(C(F)(F)F)cc21. The van der Waals surface area contributed by atoms with Crippen LogP contribution in [0.4, 0.5) is 13.2 Å². The first-order valence-electron chi connectivity index (χ1n) is 10.4. The first-order valence-corrected chi connectivity index (χ1v) is 12.1. The Morgan fingerprint density at radius 2 is 1.73 bits per heavy atom. The van der Waals surface area contributed by atoms with Crippen LogP contribution in [-0.2, 0) is 16.0 Å². The van der Waals surface area contributed by atoms with Gasteiger partial charge in [0.2, 0.25) is 0 Å². The lowest BCUT2D eigenvalue weighted by Gasteiger charge is -2.13. The van der Waals surface area contributed by atoms with Crippen molar-refractivity contribution in [3.05, 3.63) is 66.1 Å². The lowest BCUT2D eigenvalue weighted by atomic mass is 10.0. The Hall–Kier alpha value is -3.27. The quantitative estimate of drug-likeness (QED) is 0.400. The predicted molar refractivity (Wildman–Crippen MR) is 117 cm³/mol. The van der Waals surface area contributed by atoms with Crippen LogP contribution in [0.15, 0.2) is 59.9 Å². The average Bonchev–Trinajstić information content (AvgIpc) is 3.57. The van der Waals surface area contributed by atoms with Gasteiger partial charge < -0.3 is 0 Å². The van der Waals surface area contributed by atoms with Gasteiger partial charge in [-0.05, 0) is 42.0 Å². The van der Waals surface area contributed by atoms with E-state index in [2.05, 4.69) is 15.1 Å². The van der Waals surface area contributed by atoms with E-state index >= 15 is 0 Å². The maximum atomic E-state index is 13.2. The predicted octanol–water partition coefficient (Wildman–Crippen LogP) is 5.17. The van der Waals surface area contributed by atoms with E-state index in [-0.39, 0.29) is 27.5 Å². The summed E-state index contributed by atoms with van der Waals surface area (Å²) in [5.74, 6) is 0.335. The number of hydrogen-bond donors (Lipinski definition) is 0. The van der Waals surface area contributed by atoms with E-state index in [0.29, 0.717) is 11.5 Å². The molecule has 10 heteroatoms. The van der Waals surface area contributed by atoms with Gasteiger partial charge in [-0.2, -0.15) is 18.3 Å². The Morgan fingerprint density at radius 1 is 1.00 bits per heavy atom. The molecule has 0 aliphatic heterocycles. The molecule has 0 N–H and O–H groups in total. The molecule has 0 atom stereocenters. The van der Waals surface area contributed by atoms with Gasteiger partial charge in [-0.15, -0.1) is 0 Å². The molecule has 5 rings (SSSR count). The first-order chi connectivity index (χ1) is 15.7. The average molecular weight is 472 g/mol. The highest BCUT2D eigenvalue weighted by atomic mass is 32.2. The molecule has 0 amide bonds. The van der Waals surface area contributed by atoms with Crippen molar-refractivity contribution in [2.75, 3.05) is 5.75 Å². The van der Waals surface area contributed by atoms with Gasteiger partial charge in [0.15, 0.2) is 15.7 Å². The van der Waals surface area contributed by atoms with Crippen LogP contribution in [0, 0.1) is 0 Å². The Balaban J connectivity index is 1.66. The van der Waals surface area contributed by atoms with Crippen LogP contribution in [0.5, 0.6) is 0 Å². The van der Waals surface area contributed by atoms with Gasteiger partial charge in [0, 0.05) is 18.0 Å². The van der Waals surface area contributed by atoms with Crippen LogP contribution in [0.3, 0.4) is 0 Å². The number of benzene rings is 1. The minimum atomic E-state index is -4.60. The zero-order chi connectivity index (χ0) is 23.4. The topological polar surface area (TPSA) is 77.7 Å². The van der Waals surface area contributed by atoms with E-state index < -0.39 is 21.6 Å². The van der Waals surface area contributed by atoms with E-state index in [0.717, 1.165) is 22.5 Å². The van der Waals surface area contributed by atoms with Crippen molar-refractivity contribution in [2.45, 2.75) is 36.8 Å². The van der Waals surface area contributed by atoms with Crippen molar-refractivity contribution >= 4 is 20.9 Å². The summed E-state index contributed by atoms with van der Waals surface area (Å²) in [5.41, 5.74) is 1.91. The molecular formula is C23H19F3N4O2S. The van der Waals surface area contributed by atoms with Gasteiger partial charge in [-0.1, -0.05) is 31.2 Å². The molecule has 0 unspecified atom stereocenters. The molecule has 0 saturated heterocycles. The molecule has 33 heavy (non-hydrogen) atoms. The highest BCUT2D eigenvalue weighted by molar-refractivity contribution is 7.91. The van der Waals surface area contributed by atoms with Crippen molar-refractivity contribution in [3.8, 4) is 16.9 Å². The molecule has 1 aliphatic carbocycles. The number of nitrogens with zero attached hydrogens (tertiary/aromatic N) is 4. The van der Waals surface area contributed by atoms with Crippen LogP contribution < -0.4 is 0 Å². The number of sulfone groups is 1. The zero-order valence-electron chi connectivity index (χ0n) is 17.5. The number of alkyl halides is 3. The van der Waals surface area contributed by atoms with Crippen LogP contribution in [0.2, 0.25) is 0 Å². The summed E-state index contributed by atoms with van der Waals surface area (Å²) < 4.78 is 66.6. The fourth-order valence-corrected chi connectivity index (χ4v) is 4.77. The Bertz CT molecular complexity index is 1460. The van der Waals surface area contributed by atoms with E-state index in [1.165, 1.54) is 43.8 Å². The third-order valence-electron chi connectivity index (χ3n) is 5.79. The highest BCUT2D eigenvalue weighted by Gasteiger charge is 2.32. The second kappa shape index (κ2) is 7.65. The Labute approximate surface area is 188 Å². The third kappa shape index (κ3) is 3.99. The van der Waals surface area contributed by atoms with Crippen molar-refractivity contribution in [2.24, 2.45) is 0 Å². The lowest BCUT2D eigenvalue weighted by molar-refractivity contribution is -0.137. The summed E-state index contributed by atoms with van der Waals surface area (Å²) in [6.45, 7) is 1.50. The molecule has 170 valence electrons. The first kappa shape index (κ1) is 21.6. The number of pyridine rings is 2. The molecule has 1 fully saturated rings. The summed E-state index contributed by atoms with van der Waals surface area (Å²) in [6.07, 6.45) is 1.27. The fourth-order valence-electron chi connectivity index (χ4n) is 3.73. The summed E-state index contributed by atoms with van der Waals surface area (Å²) >= 11 is 0. The van der Waals surface area contributed by atoms with Gasteiger partial charge in [0.05, 0.1) is 23.0 Å². The maximum absolute atomic E-state index is 13.2. The zero-order valence-corrected chi connectivity index (χ0v) is 18.4. The monoisotopic (exact) mass is 472 g/mol. The molecule has 0 bridgehead atoms. The largest absolute Gasteiger partial charge is 0.417 e. The van der Waals surface area contributed by atoms with E-state index in [1.807, 2.05) is 24.3 Å². The molecule has 1 saturated carbocycles. The van der Waals surface area contributed by atoms with E-state index in [4.69, 9.17) is 0 Å². The van der Waals surface area contributed by atoms with Crippen molar-refractivity contribution in [3.63, 3.8) is 0 Å². The summed E-state index contributed by atoms with van der Waals surface area (Å²) in [5, 5.41) is 4.10. The fraction of sp³-hybridized carbons (Fsp3) is 0.261. The number of fused-ring (bicyclic) bond motifs is 1. The maximum Gasteiger partial charge on any atom is 0.417 e. The van der Waals surface area contributed by atoms with Crippen LogP contribution >= 0.6 is 0 Å². The minimum absolute atomic E-state index is 0.0198. The number of aromatic nitrogens is 4. The van der Waals surface area contributed by atoms with Gasteiger partial charge in [-0.25, -0.2) is 18.1 Å². The summed E-state index contributed by atoms with van der Waals surface area (Å²) in [7, 11) is -3.77. The molecule has 6 nitrogen and oxygen atoms in total. The lowest BCUT2D eigenvalue weighted by Crippen LogP contribution is -2.12.